The van der Waals surface area contributed by atoms with E-state index in [4.69, 9.17) is 4.74 Å². The molecule has 0 unspecified atom stereocenters. The first-order valence-electron chi connectivity index (χ1n) is 15.3. The van der Waals surface area contributed by atoms with Crippen molar-refractivity contribution in [3.63, 3.8) is 0 Å². The molecule has 1 amide bonds. The number of methoxy groups -OCH3 is 1. The molecule has 5 rings (SSSR count). The van der Waals surface area contributed by atoms with Gasteiger partial charge in [0.2, 0.25) is 5.91 Å². The van der Waals surface area contributed by atoms with Gasteiger partial charge in [-0.05, 0) is 74.5 Å². The number of unbranched alkanes of at least 4 members (excludes halogenated alkanes) is 3. The Hall–Kier alpha value is -2.90. The molecule has 216 valence electrons. The van der Waals surface area contributed by atoms with Gasteiger partial charge in [-0.3, -0.25) is 9.69 Å². The molecule has 1 aromatic heterocycles. The number of nitrogens with zero attached hydrogens (tertiary/aromatic N) is 3. The lowest BCUT2D eigenvalue weighted by molar-refractivity contribution is -0.120. The van der Waals surface area contributed by atoms with E-state index in [1.165, 1.54) is 50.2 Å². The average Bonchev–Trinajstić information content (AvgIpc) is 3.38. The van der Waals surface area contributed by atoms with Crippen LogP contribution in [0.5, 0.6) is 5.75 Å². The zero-order valence-electron chi connectivity index (χ0n) is 24.0. The van der Waals surface area contributed by atoms with Gasteiger partial charge in [0.15, 0.2) is 0 Å². The van der Waals surface area contributed by atoms with Gasteiger partial charge in [-0.2, -0.15) is 0 Å². The number of anilines is 1. The molecule has 7 heteroatoms. The number of benzene rings is 2. The lowest BCUT2D eigenvalue weighted by Crippen LogP contribution is -2.52. The van der Waals surface area contributed by atoms with E-state index in [2.05, 4.69) is 19.7 Å². The van der Waals surface area contributed by atoms with Crippen LogP contribution in [0.25, 0.3) is 10.9 Å². The zero-order chi connectivity index (χ0) is 27.7. The Bertz CT molecular complexity index is 1230. The lowest BCUT2D eigenvalue weighted by Gasteiger charge is -2.38. The zero-order valence-corrected chi connectivity index (χ0v) is 24.0. The van der Waals surface area contributed by atoms with Crippen molar-refractivity contribution in [3.8, 4) is 5.75 Å². The monoisotopic (exact) mass is 548 g/mol. The molecule has 0 spiro atoms. The highest BCUT2D eigenvalue weighted by Gasteiger charge is 2.30. The van der Waals surface area contributed by atoms with E-state index in [1.807, 2.05) is 36.5 Å². The number of rotatable bonds is 12. The second-order valence-corrected chi connectivity index (χ2v) is 11.5. The summed E-state index contributed by atoms with van der Waals surface area (Å²) in [5.74, 6) is 0.806. The molecule has 2 aromatic carbocycles. The van der Waals surface area contributed by atoms with Crippen molar-refractivity contribution in [2.75, 3.05) is 51.3 Å². The lowest BCUT2D eigenvalue weighted by atomic mass is 9.93. The number of carbonyl (C=O) groups excluding carboxylic acids is 1. The van der Waals surface area contributed by atoms with Crippen LogP contribution in [0.3, 0.4) is 0 Å². The number of nitrogens with one attached hydrogen (secondary N) is 1. The first-order chi connectivity index (χ1) is 19.6. The first-order valence-corrected chi connectivity index (χ1v) is 15.3. The second kappa shape index (κ2) is 14.1. The summed E-state index contributed by atoms with van der Waals surface area (Å²) in [6, 6.07) is 13.2. The molecular weight excluding hydrogens is 503 g/mol. The van der Waals surface area contributed by atoms with Crippen molar-refractivity contribution >= 4 is 22.5 Å². The normalized spacial score (nSPS) is 17.4. The Balaban J connectivity index is 1.03. The standard InChI is InChI=1S/C33H45FN4O2/c1-40-32-15-9-8-14-31(32)38(28-12-6-4-7-13-28)33(39)25-37-21-19-36(20-22-37)18-10-3-2-5-11-26-24-35-30-17-16-27(34)23-29(26)30/h8-9,14-17,23-24,28,35H,2-7,10-13,18-22,25H2,1H3. The van der Waals surface area contributed by atoms with Crippen molar-refractivity contribution in [1.29, 1.82) is 0 Å². The van der Waals surface area contributed by atoms with Crippen LogP contribution in [0.2, 0.25) is 0 Å². The number of carbonyl (C=O) groups is 1. The van der Waals surface area contributed by atoms with Gasteiger partial charge in [0.1, 0.15) is 11.6 Å². The quantitative estimate of drug-likeness (QED) is 0.266. The summed E-state index contributed by atoms with van der Waals surface area (Å²) in [5, 5.41) is 1.01. The predicted molar refractivity (Wildman–Crippen MR) is 161 cm³/mol. The summed E-state index contributed by atoms with van der Waals surface area (Å²) >= 11 is 0. The summed E-state index contributed by atoms with van der Waals surface area (Å²) in [7, 11) is 1.69. The number of ether oxygens (including phenoxy) is 1. The highest BCUT2D eigenvalue weighted by Crippen LogP contribution is 2.34. The minimum absolute atomic E-state index is 0.171. The van der Waals surface area contributed by atoms with Gasteiger partial charge in [0, 0.05) is 49.3 Å². The van der Waals surface area contributed by atoms with Crippen LogP contribution < -0.4 is 9.64 Å². The number of hydrogen-bond donors (Lipinski definition) is 1. The smallest absolute Gasteiger partial charge is 0.241 e. The Labute approximate surface area is 238 Å². The maximum atomic E-state index is 13.7. The minimum Gasteiger partial charge on any atom is -0.495 e. The van der Waals surface area contributed by atoms with Crippen LogP contribution in [0.1, 0.15) is 63.4 Å². The number of halogens is 1. The number of aromatic amines is 1. The summed E-state index contributed by atoms with van der Waals surface area (Å²) < 4.78 is 19.3. The van der Waals surface area contributed by atoms with E-state index in [9.17, 15) is 9.18 Å². The SMILES string of the molecule is COc1ccccc1N(C(=O)CN1CCN(CCCCCCc2c[nH]c3ccc(F)cc23)CC1)C1CCCCC1. The molecular formula is C33H45FN4O2. The third-order valence-corrected chi connectivity index (χ3v) is 8.78. The van der Waals surface area contributed by atoms with Crippen molar-refractivity contribution in [1.82, 2.24) is 14.8 Å². The van der Waals surface area contributed by atoms with Crippen LogP contribution >= 0.6 is 0 Å². The maximum absolute atomic E-state index is 13.7. The van der Waals surface area contributed by atoms with Gasteiger partial charge in [-0.15, -0.1) is 0 Å². The Morgan fingerprint density at radius 2 is 1.73 bits per heavy atom. The molecule has 0 radical (unpaired) electrons. The highest BCUT2D eigenvalue weighted by atomic mass is 19.1. The van der Waals surface area contributed by atoms with Gasteiger partial charge >= 0.3 is 0 Å². The Morgan fingerprint density at radius 3 is 2.52 bits per heavy atom. The largest absolute Gasteiger partial charge is 0.495 e. The van der Waals surface area contributed by atoms with Crippen molar-refractivity contribution < 1.29 is 13.9 Å². The van der Waals surface area contributed by atoms with Crippen LogP contribution in [-0.4, -0.2) is 73.1 Å². The van der Waals surface area contributed by atoms with Gasteiger partial charge in [-0.25, -0.2) is 4.39 Å². The number of hydrogen-bond acceptors (Lipinski definition) is 4. The number of piperazine rings is 1. The molecule has 40 heavy (non-hydrogen) atoms. The second-order valence-electron chi connectivity index (χ2n) is 11.5. The third kappa shape index (κ3) is 7.24. The molecule has 1 aliphatic heterocycles. The molecule has 0 bridgehead atoms. The number of fused-ring (bicyclic) bond motifs is 1. The topological polar surface area (TPSA) is 51.8 Å². The number of aromatic nitrogens is 1. The summed E-state index contributed by atoms with van der Waals surface area (Å²) in [4.78, 5) is 23.9. The van der Waals surface area contributed by atoms with E-state index in [0.29, 0.717) is 6.54 Å². The number of H-pyrrole nitrogens is 1. The maximum Gasteiger partial charge on any atom is 0.241 e. The van der Waals surface area contributed by atoms with Crippen LogP contribution in [0.15, 0.2) is 48.7 Å². The van der Waals surface area contributed by atoms with Gasteiger partial charge in [0.25, 0.3) is 0 Å². The van der Waals surface area contributed by atoms with E-state index >= 15 is 0 Å². The molecule has 2 aliphatic rings. The molecule has 1 saturated carbocycles. The molecule has 1 saturated heterocycles. The number of amides is 1. The summed E-state index contributed by atoms with van der Waals surface area (Å²) in [5.41, 5.74) is 3.14. The number of para-hydroxylation sites is 2. The number of aryl methyl sites for hydroxylation is 1. The molecule has 2 heterocycles. The molecule has 3 aromatic rings. The molecule has 0 atom stereocenters. The van der Waals surface area contributed by atoms with Crippen molar-refractivity contribution in [2.45, 2.75) is 70.3 Å². The third-order valence-electron chi connectivity index (χ3n) is 8.78. The van der Waals surface area contributed by atoms with Crippen molar-refractivity contribution in [3.05, 3.63) is 60.0 Å². The fourth-order valence-corrected chi connectivity index (χ4v) is 6.50. The van der Waals surface area contributed by atoms with Crippen LogP contribution in [-0.2, 0) is 11.2 Å². The molecule has 2 fully saturated rings. The fourth-order valence-electron chi connectivity index (χ4n) is 6.50. The molecule has 1 N–H and O–H groups in total. The highest BCUT2D eigenvalue weighted by molar-refractivity contribution is 5.96. The Morgan fingerprint density at radius 1 is 0.975 bits per heavy atom. The van der Waals surface area contributed by atoms with Crippen LogP contribution in [0, 0.1) is 5.82 Å². The fraction of sp³-hybridized carbons (Fsp3) is 0.545. The van der Waals surface area contributed by atoms with Crippen LogP contribution in [0.4, 0.5) is 10.1 Å². The first kappa shape index (κ1) is 28.6. The van der Waals surface area contributed by atoms with Gasteiger partial charge in [-0.1, -0.05) is 44.2 Å². The van der Waals surface area contributed by atoms with E-state index in [1.54, 1.807) is 13.2 Å². The summed E-state index contributed by atoms with van der Waals surface area (Å²) in [6.45, 7) is 5.51. The van der Waals surface area contributed by atoms with E-state index in [-0.39, 0.29) is 17.8 Å². The summed E-state index contributed by atoms with van der Waals surface area (Å²) in [6.07, 6.45) is 13.5. The molecule has 1 aliphatic carbocycles. The van der Waals surface area contributed by atoms with E-state index < -0.39 is 0 Å². The molecule has 6 nitrogen and oxygen atoms in total. The van der Waals surface area contributed by atoms with Gasteiger partial charge < -0.3 is 19.5 Å². The van der Waals surface area contributed by atoms with E-state index in [0.717, 1.165) is 80.7 Å². The predicted octanol–water partition coefficient (Wildman–Crippen LogP) is 6.40. The Kier molecular flexibility index (Phi) is 10.1. The van der Waals surface area contributed by atoms with Crippen molar-refractivity contribution in [2.24, 2.45) is 0 Å². The average molecular weight is 549 g/mol. The van der Waals surface area contributed by atoms with Gasteiger partial charge in [0.05, 0.1) is 19.3 Å². The minimum atomic E-state index is -0.171.